The molecule has 2 bridgehead atoms. The number of anilines is 1. The molecular formula is C20H20BrF2N3O3. The average Bonchev–Trinajstić information content (AvgIpc) is 2.72. The highest BCUT2D eigenvalue weighted by Gasteiger charge is 2.48. The first-order valence-electron chi connectivity index (χ1n) is 9.48. The Hall–Kier alpha value is -2.29. The van der Waals surface area contributed by atoms with Gasteiger partial charge in [-0.05, 0) is 65.6 Å². The largest absolute Gasteiger partial charge is 0.469 e. The summed E-state index contributed by atoms with van der Waals surface area (Å²) < 4.78 is 33.5. The van der Waals surface area contributed by atoms with Gasteiger partial charge in [0.25, 0.3) is 5.56 Å². The first-order chi connectivity index (χ1) is 13.9. The number of methoxy groups -OCH3 is 1. The van der Waals surface area contributed by atoms with Crippen molar-refractivity contribution in [3.8, 4) is 5.69 Å². The summed E-state index contributed by atoms with van der Waals surface area (Å²) in [4.78, 5) is 29.7. The summed E-state index contributed by atoms with van der Waals surface area (Å²) in [6.07, 6.45) is 5.27. The smallest absolute Gasteiger partial charge is 0.311 e. The molecule has 0 amide bonds. The number of benzene rings is 1. The fourth-order valence-electron chi connectivity index (χ4n) is 4.67. The molecule has 9 heteroatoms. The van der Waals surface area contributed by atoms with E-state index < -0.39 is 17.2 Å². The number of carbonyl (C=O) groups excluding carboxylic acids is 1. The van der Waals surface area contributed by atoms with E-state index in [0.29, 0.717) is 4.60 Å². The van der Waals surface area contributed by atoms with Crippen LogP contribution >= 0.6 is 15.9 Å². The predicted molar refractivity (Wildman–Crippen MR) is 106 cm³/mol. The fourth-order valence-corrected chi connectivity index (χ4v) is 5.06. The molecule has 2 atom stereocenters. The van der Waals surface area contributed by atoms with Crippen molar-refractivity contribution in [1.29, 1.82) is 0 Å². The minimum atomic E-state index is -1.05. The third-order valence-corrected chi connectivity index (χ3v) is 6.43. The van der Waals surface area contributed by atoms with E-state index in [1.54, 1.807) is 0 Å². The maximum absolute atomic E-state index is 13.7. The lowest BCUT2D eigenvalue weighted by molar-refractivity contribution is -0.152. The monoisotopic (exact) mass is 467 g/mol. The fraction of sp³-hybridized carbons (Fsp3) is 0.450. The van der Waals surface area contributed by atoms with Crippen molar-refractivity contribution in [2.45, 2.75) is 31.7 Å². The quantitative estimate of drug-likeness (QED) is 0.694. The number of halogens is 3. The summed E-state index contributed by atoms with van der Waals surface area (Å²) >= 11 is 3.27. The van der Waals surface area contributed by atoms with Gasteiger partial charge in [0.2, 0.25) is 0 Å². The molecule has 3 aliphatic carbocycles. The molecule has 1 aromatic carbocycles. The van der Waals surface area contributed by atoms with Crippen LogP contribution in [0.5, 0.6) is 0 Å². The second-order valence-corrected chi connectivity index (χ2v) is 8.39. The van der Waals surface area contributed by atoms with Crippen LogP contribution in [-0.4, -0.2) is 28.7 Å². The minimum absolute atomic E-state index is 0.0514. The van der Waals surface area contributed by atoms with Crippen LogP contribution in [0, 0.1) is 29.4 Å². The number of nitrogens with one attached hydrogen (secondary N) is 1. The number of carbonyl (C=O) groups is 1. The number of hydrogen-bond acceptors (Lipinski definition) is 5. The van der Waals surface area contributed by atoms with E-state index in [0.717, 1.165) is 37.8 Å². The molecule has 5 rings (SSSR count). The molecule has 0 radical (unpaired) electrons. The summed E-state index contributed by atoms with van der Waals surface area (Å²) in [6.45, 7) is 0. The SMILES string of the molecule is COC(=O)[C@H]1C2CCC(CC2)[C@@H]1Nc1nc(Br)cn(-c2ccc(F)c(F)c2)c1=O. The van der Waals surface area contributed by atoms with Gasteiger partial charge in [0, 0.05) is 18.3 Å². The molecule has 1 heterocycles. The normalized spacial score (nSPS) is 25.7. The first-order valence-corrected chi connectivity index (χ1v) is 10.3. The number of fused-ring (bicyclic) bond motifs is 3. The number of hydrogen-bond donors (Lipinski definition) is 1. The zero-order valence-electron chi connectivity index (χ0n) is 15.7. The van der Waals surface area contributed by atoms with Gasteiger partial charge in [-0.1, -0.05) is 0 Å². The van der Waals surface area contributed by atoms with Crippen molar-refractivity contribution in [3.63, 3.8) is 0 Å². The highest BCUT2D eigenvalue weighted by atomic mass is 79.9. The van der Waals surface area contributed by atoms with Crippen LogP contribution in [0.15, 0.2) is 33.8 Å². The topological polar surface area (TPSA) is 73.2 Å². The van der Waals surface area contributed by atoms with Gasteiger partial charge in [-0.25, -0.2) is 13.8 Å². The lowest BCUT2D eigenvalue weighted by atomic mass is 9.61. The summed E-state index contributed by atoms with van der Waals surface area (Å²) in [5.74, 6) is -2.17. The third kappa shape index (κ3) is 3.68. The summed E-state index contributed by atoms with van der Waals surface area (Å²) in [6, 6.07) is 2.97. The lowest BCUT2D eigenvalue weighted by Gasteiger charge is -2.47. The molecule has 29 heavy (non-hydrogen) atoms. The van der Waals surface area contributed by atoms with Gasteiger partial charge in [0.05, 0.1) is 18.7 Å². The third-order valence-electron chi connectivity index (χ3n) is 6.05. The van der Waals surface area contributed by atoms with Crippen molar-refractivity contribution in [1.82, 2.24) is 9.55 Å². The summed E-state index contributed by atoms with van der Waals surface area (Å²) in [5, 5.41) is 3.18. The van der Waals surface area contributed by atoms with Crippen molar-refractivity contribution in [3.05, 3.63) is 51.0 Å². The van der Waals surface area contributed by atoms with Crippen LogP contribution in [0.2, 0.25) is 0 Å². The Morgan fingerprint density at radius 3 is 2.55 bits per heavy atom. The summed E-state index contributed by atoms with van der Waals surface area (Å²) in [5.41, 5.74) is -0.334. The van der Waals surface area contributed by atoms with Gasteiger partial charge in [0.1, 0.15) is 4.60 Å². The van der Waals surface area contributed by atoms with Crippen LogP contribution in [0.3, 0.4) is 0 Å². The van der Waals surface area contributed by atoms with Gasteiger partial charge in [-0.2, -0.15) is 0 Å². The maximum atomic E-state index is 13.7. The molecular weight excluding hydrogens is 448 g/mol. The minimum Gasteiger partial charge on any atom is -0.469 e. The second-order valence-electron chi connectivity index (χ2n) is 7.58. The molecule has 1 N–H and O–H groups in total. The van der Waals surface area contributed by atoms with E-state index in [9.17, 15) is 18.4 Å². The molecule has 1 aromatic heterocycles. The zero-order chi connectivity index (χ0) is 20.7. The molecule has 0 unspecified atom stereocenters. The molecule has 3 saturated carbocycles. The van der Waals surface area contributed by atoms with Crippen molar-refractivity contribution in [2.75, 3.05) is 12.4 Å². The number of ether oxygens (including phenoxy) is 1. The highest BCUT2D eigenvalue weighted by Crippen LogP contribution is 2.46. The molecule has 0 saturated heterocycles. The van der Waals surface area contributed by atoms with Gasteiger partial charge in [0.15, 0.2) is 17.5 Å². The van der Waals surface area contributed by atoms with E-state index >= 15 is 0 Å². The van der Waals surface area contributed by atoms with E-state index in [2.05, 4.69) is 26.2 Å². The van der Waals surface area contributed by atoms with Crippen LogP contribution in [0.1, 0.15) is 25.7 Å². The Kier molecular flexibility index (Phi) is 5.42. The van der Waals surface area contributed by atoms with E-state index in [1.165, 1.54) is 23.9 Å². The number of rotatable bonds is 4. The highest BCUT2D eigenvalue weighted by molar-refractivity contribution is 9.10. The van der Waals surface area contributed by atoms with Crippen molar-refractivity contribution in [2.24, 2.45) is 17.8 Å². The van der Waals surface area contributed by atoms with E-state index in [4.69, 9.17) is 4.74 Å². The Morgan fingerprint density at radius 2 is 1.90 bits per heavy atom. The average molecular weight is 468 g/mol. The van der Waals surface area contributed by atoms with Gasteiger partial charge >= 0.3 is 5.97 Å². The molecule has 3 fully saturated rings. The second kappa shape index (κ2) is 7.85. The molecule has 154 valence electrons. The van der Waals surface area contributed by atoms with Crippen molar-refractivity contribution >= 4 is 27.7 Å². The molecule has 0 spiro atoms. The van der Waals surface area contributed by atoms with E-state index in [-0.39, 0.29) is 41.3 Å². The molecule has 0 aliphatic heterocycles. The van der Waals surface area contributed by atoms with E-state index in [1.807, 2.05) is 0 Å². The molecule has 6 nitrogen and oxygen atoms in total. The van der Waals surface area contributed by atoms with Crippen LogP contribution in [0.4, 0.5) is 14.6 Å². The number of nitrogens with zero attached hydrogens (tertiary/aromatic N) is 2. The number of aromatic nitrogens is 2. The van der Waals surface area contributed by atoms with Crippen LogP contribution in [0.25, 0.3) is 5.69 Å². The van der Waals surface area contributed by atoms with Gasteiger partial charge < -0.3 is 10.1 Å². The Labute approximate surface area is 174 Å². The Balaban J connectivity index is 1.72. The number of esters is 1. The summed E-state index contributed by atoms with van der Waals surface area (Å²) in [7, 11) is 1.37. The molecule has 3 aliphatic rings. The molecule has 2 aromatic rings. The standard InChI is InChI=1S/C20H20BrF2N3O3/c1-29-20(28)16-10-2-4-11(5-3-10)17(16)25-18-19(27)26(9-15(21)24-18)12-6-7-13(22)14(23)8-12/h6-11,16-17H,2-5H2,1H3,(H,24,25)/t10?,11?,16-,17-/m0/s1. The predicted octanol–water partition coefficient (Wildman–Crippen LogP) is 3.66. The maximum Gasteiger partial charge on any atom is 0.311 e. The van der Waals surface area contributed by atoms with Gasteiger partial charge in [-0.3, -0.25) is 14.2 Å². The van der Waals surface area contributed by atoms with Gasteiger partial charge in [-0.15, -0.1) is 0 Å². The zero-order valence-corrected chi connectivity index (χ0v) is 17.3. The van der Waals surface area contributed by atoms with Crippen molar-refractivity contribution < 1.29 is 18.3 Å². The lowest BCUT2D eigenvalue weighted by Crippen LogP contribution is -2.52. The van der Waals surface area contributed by atoms with Crippen LogP contribution in [-0.2, 0) is 9.53 Å². The Bertz CT molecular complexity index is 1000. The Morgan fingerprint density at radius 1 is 1.21 bits per heavy atom. The van der Waals surface area contributed by atoms with Crippen LogP contribution < -0.4 is 10.9 Å². The first kappa shape index (κ1) is 20.0.